The Bertz CT molecular complexity index is 359. The second-order valence-electron chi connectivity index (χ2n) is 2.24. The third-order valence-corrected chi connectivity index (χ3v) is 1.33. The third kappa shape index (κ3) is 4.97. The van der Waals surface area contributed by atoms with Crippen LogP contribution in [0.1, 0.15) is 5.69 Å². The fourth-order valence-electron chi connectivity index (χ4n) is 0.739. The summed E-state index contributed by atoms with van der Waals surface area (Å²) in [7, 11) is 0. The molecule has 0 atom stereocenters. The molecule has 0 unspecified atom stereocenters. The van der Waals surface area contributed by atoms with E-state index in [-0.39, 0.29) is 43.4 Å². The predicted octanol–water partition coefficient (Wildman–Crippen LogP) is -7.96. The first-order valence-electron chi connectivity index (χ1n) is 3.39. The molecular formula is C8H5Li2NO4. The van der Waals surface area contributed by atoms with Crippen molar-refractivity contribution in [2.24, 2.45) is 0 Å². The molecule has 1 N–H and O–H groups in total. The zero-order chi connectivity index (χ0) is 9.84. The van der Waals surface area contributed by atoms with Gasteiger partial charge in [-0.2, -0.15) is 0 Å². The van der Waals surface area contributed by atoms with Gasteiger partial charge in [0.25, 0.3) is 0 Å². The summed E-state index contributed by atoms with van der Waals surface area (Å²) in [5.74, 6) is -3.90. The number of carbonyl (C=O) groups is 2. The maximum Gasteiger partial charge on any atom is 1.00 e. The van der Waals surface area contributed by atoms with Crippen LogP contribution in [0.4, 0.5) is 0 Å². The first-order valence-corrected chi connectivity index (χ1v) is 3.39. The van der Waals surface area contributed by atoms with Crippen LogP contribution in [0.5, 0.6) is 0 Å². The number of aromatic amines is 1. The molecule has 0 aliphatic heterocycles. The zero-order valence-electron chi connectivity index (χ0n) is 8.44. The van der Waals surface area contributed by atoms with Crippen LogP contribution in [0.3, 0.4) is 0 Å². The second-order valence-corrected chi connectivity index (χ2v) is 2.24. The van der Waals surface area contributed by atoms with E-state index in [1.165, 1.54) is 12.3 Å². The molecule has 1 aromatic heterocycles. The van der Waals surface area contributed by atoms with Gasteiger partial charge in [0.05, 0.1) is 0 Å². The van der Waals surface area contributed by atoms with E-state index in [9.17, 15) is 19.8 Å². The minimum Gasteiger partial charge on any atom is -0.871 e. The Hall–Kier alpha value is -0.845. The summed E-state index contributed by atoms with van der Waals surface area (Å²) in [6, 6.07) is 2.99. The molecule has 0 bridgehead atoms. The molecule has 0 fully saturated rings. The largest absolute Gasteiger partial charge is 1.00 e. The molecule has 0 aliphatic rings. The Morgan fingerprint density at radius 3 is 2.27 bits per heavy atom. The van der Waals surface area contributed by atoms with E-state index in [4.69, 9.17) is 0 Å². The van der Waals surface area contributed by atoms with Gasteiger partial charge in [-0.05, 0) is 18.2 Å². The van der Waals surface area contributed by atoms with Gasteiger partial charge in [-0.3, -0.25) is 4.79 Å². The first-order chi connectivity index (χ1) is 6.11. The second kappa shape index (κ2) is 7.45. The van der Waals surface area contributed by atoms with Crippen LogP contribution in [0.2, 0.25) is 0 Å². The molecule has 0 amide bonds. The Morgan fingerprint density at radius 2 is 1.87 bits per heavy atom. The number of aliphatic carboxylic acids is 1. The molecule has 7 heteroatoms. The van der Waals surface area contributed by atoms with Crippen molar-refractivity contribution < 1.29 is 57.5 Å². The number of H-pyrrole nitrogens is 1. The zero-order valence-corrected chi connectivity index (χ0v) is 8.44. The number of ketones is 1. The number of hydrogen-bond donors (Lipinski definition) is 1. The van der Waals surface area contributed by atoms with Crippen molar-refractivity contribution in [1.82, 2.24) is 4.98 Å². The van der Waals surface area contributed by atoms with Crippen molar-refractivity contribution in [3.8, 4) is 0 Å². The van der Waals surface area contributed by atoms with Gasteiger partial charge in [-0.1, -0.05) is 5.76 Å². The molecule has 0 aliphatic carbocycles. The van der Waals surface area contributed by atoms with Gasteiger partial charge in [0.15, 0.2) is 0 Å². The molecule has 15 heavy (non-hydrogen) atoms. The molecule has 1 rings (SSSR count). The smallest absolute Gasteiger partial charge is 0.871 e. The number of carboxylic acid groups (broad SMARTS) is 1. The molecule has 0 aromatic carbocycles. The van der Waals surface area contributed by atoms with Gasteiger partial charge in [-0.15, -0.1) is 0 Å². The number of carboxylic acids is 1. The summed E-state index contributed by atoms with van der Waals surface area (Å²) in [6.07, 6.45) is 1.96. The maximum absolute atomic E-state index is 11.0. The van der Waals surface area contributed by atoms with Gasteiger partial charge in [0, 0.05) is 11.9 Å². The Labute approximate surface area is 110 Å². The Balaban J connectivity index is 0. The molecule has 0 radical (unpaired) electrons. The summed E-state index contributed by atoms with van der Waals surface area (Å²) in [4.78, 5) is 23.0. The average Bonchev–Trinajstić information content (AvgIpc) is 2.55. The molecule has 68 valence electrons. The summed E-state index contributed by atoms with van der Waals surface area (Å²) in [5.41, 5.74) is 0.162. The Kier molecular flexibility index (Phi) is 8.23. The minimum atomic E-state index is -1.89. The first kappa shape index (κ1) is 16.6. The van der Waals surface area contributed by atoms with E-state index < -0.39 is 17.5 Å². The molecule has 0 saturated heterocycles. The molecule has 0 saturated carbocycles. The van der Waals surface area contributed by atoms with Crippen LogP contribution in [0.15, 0.2) is 24.4 Å². The minimum absolute atomic E-state index is 0. The molecule has 1 aromatic rings. The van der Waals surface area contributed by atoms with Crippen LogP contribution in [0.25, 0.3) is 5.76 Å². The SMILES string of the molecule is O=C([O-])C(=O)/C=C(\[O-])c1ccc[nH]1.[Li+].[Li+]. The summed E-state index contributed by atoms with van der Waals surface area (Å²) >= 11 is 0. The van der Waals surface area contributed by atoms with Crippen LogP contribution in [0, 0.1) is 0 Å². The molecular weight excluding hydrogens is 188 g/mol. The number of hydrogen-bond acceptors (Lipinski definition) is 4. The molecule has 5 nitrogen and oxygen atoms in total. The van der Waals surface area contributed by atoms with Crippen LogP contribution < -0.4 is 47.9 Å². The van der Waals surface area contributed by atoms with E-state index in [2.05, 4.69) is 4.98 Å². The number of aromatic nitrogens is 1. The van der Waals surface area contributed by atoms with Crippen molar-refractivity contribution in [3.05, 3.63) is 30.1 Å². The van der Waals surface area contributed by atoms with E-state index in [1.807, 2.05) is 0 Å². The summed E-state index contributed by atoms with van der Waals surface area (Å²) < 4.78 is 0. The Morgan fingerprint density at radius 1 is 1.27 bits per heavy atom. The van der Waals surface area contributed by atoms with Crippen LogP contribution in [-0.2, 0) is 9.59 Å². The maximum atomic E-state index is 11.0. The van der Waals surface area contributed by atoms with Crippen LogP contribution >= 0.6 is 0 Å². The molecule has 0 spiro atoms. The van der Waals surface area contributed by atoms with Gasteiger partial charge in [0.1, 0.15) is 5.97 Å². The monoisotopic (exact) mass is 193 g/mol. The standard InChI is InChI=1S/C8H7NO4.2Li/c10-6(4-7(11)8(12)13)5-2-1-3-9-5;;/h1-4,9-10H,(H,12,13);;/q;2*+1/p-2/b6-4-;;. The van der Waals surface area contributed by atoms with Crippen LogP contribution in [-0.4, -0.2) is 16.7 Å². The van der Waals surface area contributed by atoms with Gasteiger partial charge in [0.2, 0.25) is 5.78 Å². The predicted molar refractivity (Wildman–Crippen MR) is 38.8 cm³/mol. The number of nitrogens with one attached hydrogen (secondary N) is 1. The van der Waals surface area contributed by atoms with E-state index >= 15 is 0 Å². The average molecular weight is 193 g/mol. The third-order valence-electron chi connectivity index (χ3n) is 1.33. The van der Waals surface area contributed by atoms with Gasteiger partial charge in [-0.25, -0.2) is 0 Å². The summed E-state index contributed by atoms with van der Waals surface area (Å²) in [6.45, 7) is 0. The van der Waals surface area contributed by atoms with Crippen molar-refractivity contribution in [2.75, 3.05) is 0 Å². The fraction of sp³-hybridized carbons (Fsp3) is 0. The van der Waals surface area contributed by atoms with Gasteiger partial charge >= 0.3 is 37.7 Å². The quantitative estimate of drug-likeness (QED) is 0.223. The van der Waals surface area contributed by atoms with E-state index in [1.54, 1.807) is 6.07 Å². The topological polar surface area (TPSA) is 96.0 Å². The van der Waals surface area contributed by atoms with Gasteiger partial charge < -0.3 is 20.0 Å². The number of rotatable bonds is 3. The van der Waals surface area contributed by atoms with Crippen molar-refractivity contribution in [2.45, 2.75) is 0 Å². The van der Waals surface area contributed by atoms with E-state index in [0.717, 1.165) is 0 Å². The molecule has 1 heterocycles. The number of carbonyl (C=O) groups excluding carboxylic acids is 2. The van der Waals surface area contributed by atoms with E-state index in [0.29, 0.717) is 6.08 Å². The van der Waals surface area contributed by atoms with Crippen molar-refractivity contribution in [1.29, 1.82) is 0 Å². The summed E-state index contributed by atoms with van der Waals surface area (Å²) in [5, 5.41) is 21.0. The van der Waals surface area contributed by atoms with Crippen molar-refractivity contribution in [3.63, 3.8) is 0 Å². The van der Waals surface area contributed by atoms with Crippen molar-refractivity contribution >= 4 is 17.5 Å². The fourth-order valence-corrected chi connectivity index (χ4v) is 0.739. The normalized spacial score (nSPS) is 9.73.